The third-order valence-electron chi connectivity index (χ3n) is 5.73. The molecule has 3 unspecified atom stereocenters. The van der Waals surface area contributed by atoms with Crippen molar-refractivity contribution in [3.05, 3.63) is 28.2 Å². The van der Waals surface area contributed by atoms with E-state index in [-0.39, 0.29) is 24.4 Å². The molecule has 26 heavy (non-hydrogen) atoms. The second kappa shape index (κ2) is 8.55. The van der Waals surface area contributed by atoms with E-state index >= 15 is 0 Å². The van der Waals surface area contributed by atoms with Gasteiger partial charge < -0.3 is 15.0 Å². The zero-order valence-electron chi connectivity index (χ0n) is 14.6. The topological polar surface area (TPSA) is 41.6 Å². The van der Waals surface area contributed by atoms with Crippen LogP contribution in [0.4, 0.5) is 0 Å². The van der Waals surface area contributed by atoms with Crippen molar-refractivity contribution in [3.8, 4) is 5.75 Å². The zero-order valence-corrected chi connectivity index (χ0v) is 17.0. The first-order valence-corrected chi connectivity index (χ1v) is 9.98. The standard InChI is InChI=1S/C19H24Cl2N2O2.ClH/c20-17-4-3-15(10-18(17)21)25-16-5-6-23(11-16)19(24)9-12-7-13-1-2-14(8-12)22-13;/h3-4,10,12-14,16,22H,1-2,5-9,11H2;1H. The number of hydrogen-bond acceptors (Lipinski definition) is 3. The van der Waals surface area contributed by atoms with Gasteiger partial charge in [-0.2, -0.15) is 0 Å². The Morgan fingerprint density at radius 1 is 1.15 bits per heavy atom. The van der Waals surface area contributed by atoms with Gasteiger partial charge in [-0.3, -0.25) is 4.79 Å². The summed E-state index contributed by atoms with van der Waals surface area (Å²) in [5.74, 6) is 1.54. The number of fused-ring (bicyclic) bond motifs is 2. The minimum Gasteiger partial charge on any atom is -0.488 e. The lowest BCUT2D eigenvalue weighted by Gasteiger charge is -2.29. The molecule has 3 aliphatic rings. The van der Waals surface area contributed by atoms with Crippen molar-refractivity contribution in [2.45, 2.75) is 56.7 Å². The largest absolute Gasteiger partial charge is 0.488 e. The van der Waals surface area contributed by atoms with Crippen LogP contribution in [-0.2, 0) is 4.79 Å². The number of nitrogens with zero attached hydrogens (tertiary/aromatic N) is 1. The highest BCUT2D eigenvalue weighted by atomic mass is 35.5. The molecule has 0 spiro atoms. The molecule has 1 aromatic rings. The Labute approximate surface area is 171 Å². The predicted molar refractivity (Wildman–Crippen MR) is 107 cm³/mol. The van der Waals surface area contributed by atoms with Gasteiger partial charge in [-0.15, -0.1) is 12.4 Å². The molecular formula is C19H25Cl3N2O2. The highest BCUT2D eigenvalue weighted by Gasteiger charge is 2.36. The number of halogens is 3. The van der Waals surface area contributed by atoms with Gasteiger partial charge in [-0.25, -0.2) is 0 Å². The average Bonchev–Trinajstić information content (AvgIpc) is 3.18. The van der Waals surface area contributed by atoms with Crippen LogP contribution in [0, 0.1) is 5.92 Å². The van der Waals surface area contributed by atoms with E-state index in [2.05, 4.69) is 5.32 Å². The van der Waals surface area contributed by atoms with E-state index in [4.69, 9.17) is 27.9 Å². The van der Waals surface area contributed by atoms with Crippen molar-refractivity contribution in [2.75, 3.05) is 13.1 Å². The Balaban J connectivity index is 0.00000196. The first kappa shape index (κ1) is 20.1. The van der Waals surface area contributed by atoms with Crippen molar-refractivity contribution in [3.63, 3.8) is 0 Å². The van der Waals surface area contributed by atoms with Crippen LogP contribution in [0.25, 0.3) is 0 Å². The fourth-order valence-electron chi connectivity index (χ4n) is 4.51. The number of amides is 1. The second-order valence-electron chi connectivity index (χ2n) is 7.62. The minimum atomic E-state index is 0. The highest BCUT2D eigenvalue weighted by molar-refractivity contribution is 6.42. The summed E-state index contributed by atoms with van der Waals surface area (Å²) in [7, 11) is 0. The number of piperidine rings is 1. The molecule has 0 aromatic heterocycles. The maximum Gasteiger partial charge on any atom is 0.222 e. The van der Waals surface area contributed by atoms with Gasteiger partial charge in [0.1, 0.15) is 11.9 Å². The molecule has 3 heterocycles. The zero-order chi connectivity index (χ0) is 17.4. The molecule has 144 valence electrons. The van der Waals surface area contributed by atoms with E-state index in [1.54, 1.807) is 12.1 Å². The van der Waals surface area contributed by atoms with E-state index < -0.39 is 0 Å². The van der Waals surface area contributed by atoms with E-state index in [0.29, 0.717) is 46.8 Å². The van der Waals surface area contributed by atoms with Crippen molar-refractivity contribution in [1.29, 1.82) is 0 Å². The minimum absolute atomic E-state index is 0. The summed E-state index contributed by atoms with van der Waals surface area (Å²) in [4.78, 5) is 14.6. The van der Waals surface area contributed by atoms with Crippen molar-refractivity contribution >= 4 is 41.5 Å². The van der Waals surface area contributed by atoms with E-state index in [0.717, 1.165) is 25.8 Å². The summed E-state index contributed by atoms with van der Waals surface area (Å²) >= 11 is 12.0. The summed E-state index contributed by atoms with van der Waals surface area (Å²) in [6, 6.07) is 6.58. The van der Waals surface area contributed by atoms with Gasteiger partial charge >= 0.3 is 0 Å². The number of carbonyl (C=O) groups is 1. The molecule has 3 fully saturated rings. The van der Waals surface area contributed by atoms with Gasteiger partial charge in [0, 0.05) is 37.5 Å². The molecule has 4 rings (SSSR count). The molecular weight excluding hydrogens is 395 g/mol. The van der Waals surface area contributed by atoms with Crippen LogP contribution < -0.4 is 10.1 Å². The van der Waals surface area contributed by atoms with Crippen LogP contribution in [0.5, 0.6) is 5.75 Å². The Morgan fingerprint density at radius 2 is 1.88 bits per heavy atom. The van der Waals surface area contributed by atoms with Crippen LogP contribution in [0.2, 0.25) is 10.0 Å². The molecule has 3 atom stereocenters. The van der Waals surface area contributed by atoms with Crippen LogP contribution in [-0.4, -0.2) is 42.1 Å². The fraction of sp³-hybridized carbons (Fsp3) is 0.632. The molecule has 2 bridgehead atoms. The van der Waals surface area contributed by atoms with Gasteiger partial charge in [0.05, 0.1) is 16.6 Å². The number of nitrogens with one attached hydrogen (secondary N) is 1. The lowest BCUT2D eigenvalue weighted by Crippen LogP contribution is -2.40. The normalized spacial score (nSPS) is 30.2. The van der Waals surface area contributed by atoms with E-state index in [1.165, 1.54) is 12.8 Å². The number of likely N-dealkylation sites (tertiary alicyclic amines) is 1. The van der Waals surface area contributed by atoms with Crippen LogP contribution in [0.15, 0.2) is 18.2 Å². The molecule has 1 aromatic carbocycles. The third kappa shape index (κ3) is 4.59. The van der Waals surface area contributed by atoms with Crippen LogP contribution in [0.1, 0.15) is 38.5 Å². The lowest BCUT2D eigenvalue weighted by molar-refractivity contribution is -0.131. The molecule has 1 amide bonds. The van der Waals surface area contributed by atoms with E-state index in [9.17, 15) is 4.79 Å². The van der Waals surface area contributed by atoms with Gasteiger partial charge in [0.25, 0.3) is 0 Å². The van der Waals surface area contributed by atoms with Crippen molar-refractivity contribution < 1.29 is 9.53 Å². The summed E-state index contributed by atoms with van der Waals surface area (Å²) in [6.07, 6.45) is 6.44. The Hall–Kier alpha value is -0.680. The number of ether oxygens (including phenoxy) is 1. The summed E-state index contributed by atoms with van der Waals surface area (Å²) in [6.45, 7) is 1.44. The van der Waals surface area contributed by atoms with Gasteiger partial charge in [-0.05, 0) is 43.7 Å². The quantitative estimate of drug-likeness (QED) is 0.790. The molecule has 1 N–H and O–H groups in total. The van der Waals surface area contributed by atoms with Crippen LogP contribution >= 0.6 is 35.6 Å². The molecule has 4 nitrogen and oxygen atoms in total. The average molecular weight is 420 g/mol. The number of rotatable bonds is 4. The Kier molecular flexibility index (Phi) is 6.60. The predicted octanol–water partition coefficient (Wildman–Crippen LogP) is 4.32. The van der Waals surface area contributed by atoms with Crippen molar-refractivity contribution in [1.82, 2.24) is 10.2 Å². The van der Waals surface area contributed by atoms with E-state index in [1.807, 2.05) is 11.0 Å². The highest BCUT2D eigenvalue weighted by Crippen LogP contribution is 2.33. The lowest BCUT2D eigenvalue weighted by atomic mass is 9.89. The first-order valence-electron chi connectivity index (χ1n) is 9.22. The number of benzene rings is 1. The Bertz CT molecular complexity index is 646. The van der Waals surface area contributed by atoms with Gasteiger partial charge in [-0.1, -0.05) is 23.2 Å². The number of hydrogen-bond donors (Lipinski definition) is 1. The fourth-order valence-corrected chi connectivity index (χ4v) is 4.80. The number of carbonyl (C=O) groups excluding carboxylic acids is 1. The maximum absolute atomic E-state index is 12.7. The smallest absolute Gasteiger partial charge is 0.222 e. The monoisotopic (exact) mass is 418 g/mol. The van der Waals surface area contributed by atoms with Crippen LogP contribution in [0.3, 0.4) is 0 Å². The second-order valence-corrected chi connectivity index (χ2v) is 8.44. The molecule has 0 aliphatic carbocycles. The maximum atomic E-state index is 12.7. The third-order valence-corrected chi connectivity index (χ3v) is 6.46. The summed E-state index contributed by atoms with van der Waals surface area (Å²) in [5.41, 5.74) is 0. The van der Waals surface area contributed by atoms with Crippen molar-refractivity contribution in [2.24, 2.45) is 5.92 Å². The van der Waals surface area contributed by atoms with Gasteiger partial charge in [0.15, 0.2) is 0 Å². The summed E-state index contributed by atoms with van der Waals surface area (Å²) < 4.78 is 5.98. The molecule has 0 radical (unpaired) electrons. The molecule has 3 aliphatic heterocycles. The van der Waals surface area contributed by atoms with Gasteiger partial charge in [0.2, 0.25) is 5.91 Å². The summed E-state index contributed by atoms with van der Waals surface area (Å²) in [5, 5.41) is 4.65. The molecule has 0 saturated carbocycles. The molecule has 7 heteroatoms. The SMILES string of the molecule is Cl.O=C(CC1CC2CCC(C1)N2)N1CCC(Oc2ccc(Cl)c(Cl)c2)C1. The Morgan fingerprint density at radius 3 is 2.58 bits per heavy atom. The first-order chi connectivity index (χ1) is 12.1. The molecule has 3 saturated heterocycles.